The van der Waals surface area contributed by atoms with Gasteiger partial charge in [0.05, 0.1) is 7.11 Å². The lowest BCUT2D eigenvalue weighted by atomic mass is 10.1. The summed E-state index contributed by atoms with van der Waals surface area (Å²) >= 11 is 22.8. The highest BCUT2D eigenvalue weighted by molar-refractivity contribution is 6.67. The SMILES string of the molecule is COC(=O)/C(=C/c1ccc(Cl)cc1)CC(Cl)(Cl)Cl. The van der Waals surface area contributed by atoms with E-state index in [2.05, 4.69) is 4.74 Å². The predicted octanol–water partition coefficient (Wildman–Crippen LogP) is 4.66. The zero-order valence-corrected chi connectivity index (χ0v) is 12.4. The number of halogens is 4. The molecule has 0 heterocycles. The highest BCUT2D eigenvalue weighted by Crippen LogP contribution is 2.34. The van der Waals surface area contributed by atoms with Gasteiger partial charge in [0.2, 0.25) is 0 Å². The molecule has 0 saturated heterocycles. The molecule has 0 aliphatic rings. The second-order valence-corrected chi connectivity index (χ2v) is 6.46. The average Bonchev–Trinajstić information content (AvgIpc) is 2.28. The number of alkyl halides is 3. The van der Waals surface area contributed by atoms with E-state index in [1.807, 2.05) is 0 Å². The van der Waals surface area contributed by atoms with Crippen LogP contribution < -0.4 is 0 Å². The molecule has 0 radical (unpaired) electrons. The molecule has 0 amide bonds. The van der Waals surface area contributed by atoms with Crippen LogP contribution in [0.4, 0.5) is 0 Å². The molecule has 2 nitrogen and oxygen atoms in total. The van der Waals surface area contributed by atoms with E-state index in [1.165, 1.54) is 7.11 Å². The van der Waals surface area contributed by atoms with Crippen LogP contribution in [0.1, 0.15) is 12.0 Å². The highest BCUT2D eigenvalue weighted by atomic mass is 35.6. The van der Waals surface area contributed by atoms with Gasteiger partial charge in [-0.3, -0.25) is 0 Å². The summed E-state index contributed by atoms with van der Waals surface area (Å²) < 4.78 is 3.10. The van der Waals surface area contributed by atoms with Crippen molar-refractivity contribution < 1.29 is 9.53 Å². The van der Waals surface area contributed by atoms with Crippen molar-refractivity contribution in [2.24, 2.45) is 0 Å². The monoisotopic (exact) mass is 326 g/mol. The first-order chi connectivity index (χ1) is 8.31. The minimum atomic E-state index is -1.55. The van der Waals surface area contributed by atoms with Crippen molar-refractivity contribution in [3.05, 3.63) is 40.4 Å². The maximum Gasteiger partial charge on any atom is 0.333 e. The Morgan fingerprint density at radius 3 is 2.28 bits per heavy atom. The molecule has 0 bridgehead atoms. The summed E-state index contributed by atoms with van der Waals surface area (Å²) in [5, 5.41) is 0.605. The van der Waals surface area contributed by atoms with Gasteiger partial charge in [-0.1, -0.05) is 58.5 Å². The predicted molar refractivity (Wildman–Crippen MR) is 76.4 cm³/mol. The normalized spacial score (nSPS) is 12.4. The number of carbonyl (C=O) groups is 1. The second kappa shape index (κ2) is 6.67. The number of benzene rings is 1. The summed E-state index contributed by atoms with van der Waals surface area (Å²) in [7, 11) is 1.27. The standard InChI is InChI=1S/C12H10Cl4O2/c1-18-11(17)9(7-12(14,15)16)6-8-2-4-10(13)5-3-8/h2-6H,7H2,1H3/b9-6+. The number of carbonyl (C=O) groups excluding carboxylic acids is 1. The molecule has 1 rings (SSSR count). The maximum atomic E-state index is 11.6. The molecular formula is C12H10Cl4O2. The summed E-state index contributed by atoms with van der Waals surface area (Å²) in [4.78, 5) is 11.6. The fourth-order valence-electron chi connectivity index (χ4n) is 1.29. The summed E-state index contributed by atoms with van der Waals surface area (Å²) in [6.45, 7) is 0. The zero-order chi connectivity index (χ0) is 13.8. The number of ether oxygens (including phenoxy) is 1. The molecule has 0 saturated carbocycles. The lowest BCUT2D eigenvalue weighted by Gasteiger charge is -2.12. The third kappa shape index (κ3) is 5.49. The number of esters is 1. The molecule has 0 aromatic heterocycles. The number of methoxy groups -OCH3 is 1. The maximum absolute atomic E-state index is 11.6. The van der Waals surface area contributed by atoms with Crippen LogP contribution in [-0.2, 0) is 9.53 Å². The van der Waals surface area contributed by atoms with Crippen molar-refractivity contribution in [1.29, 1.82) is 0 Å². The Labute approximate surface area is 125 Å². The molecule has 6 heteroatoms. The Kier molecular flexibility index (Phi) is 5.80. The molecule has 1 aromatic rings. The van der Waals surface area contributed by atoms with Crippen LogP contribution in [0.3, 0.4) is 0 Å². The van der Waals surface area contributed by atoms with E-state index >= 15 is 0 Å². The van der Waals surface area contributed by atoms with E-state index < -0.39 is 9.76 Å². The summed E-state index contributed by atoms with van der Waals surface area (Å²) in [5.41, 5.74) is 1.05. The molecule has 0 aliphatic carbocycles. The van der Waals surface area contributed by atoms with Crippen molar-refractivity contribution in [1.82, 2.24) is 0 Å². The first-order valence-corrected chi connectivity index (χ1v) is 6.44. The summed E-state index contributed by atoms with van der Waals surface area (Å²) in [6.07, 6.45) is 1.57. The topological polar surface area (TPSA) is 26.3 Å². The Morgan fingerprint density at radius 1 is 1.28 bits per heavy atom. The van der Waals surface area contributed by atoms with Crippen LogP contribution in [0, 0.1) is 0 Å². The van der Waals surface area contributed by atoms with Crippen LogP contribution in [0.15, 0.2) is 29.8 Å². The zero-order valence-electron chi connectivity index (χ0n) is 9.42. The van der Waals surface area contributed by atoms with Crippen LogP contribution in [0.25, 0.3) is 6.08 Å². The van der Waals surface area contributed by atoms with Crippen molar-refractivity contribution in [2.75, 3.05) is 7.11 Å². The van der Waals surface area contributed by atoms with Crippen LogP contribution in [0.2, 0.25) is 5.02 Å². The molecule has 0 aliphatic heterocycles. The third-order valence-corrected chi connectivity index (χ3v) is 2.70. The van der Waals surface area contributed by atoms with Gasteiger partial charge in [-0.25, -0.2) is 4.79 Å². The Balaban J connectivity index is 3.02. The van der Waals surface area contributed by atoms with E-state index in [9.17, 15) is 4.79 Å². The Morgan fingerprint density at radius 2 is 1.83 bits per heavy atom. The third-order valence-electron chi connectivity index (χ3n) is 2.05. The number of hydrogen-bond donors (Lipinski definition) is 0. The molecule has 0 spiro atoms. The van der Waals surface area contributed by atoms with E-state index in [1.54, 1.807) is 30.3 Å². The van der Waals surface area contributed by atoms with Crippen molar-refractivity contribution >= 4 is 58.4 Å². The molecule has 0 unspecified atom stereocenters. The molecule has 0 fully saturated rings. The Hall–Kier alpha value is -0.410. The fraction of sp³-hybridized carbons (Fsp3) is 0.250. The van der Waals surface area contributed by atoms with Gasteiger partial charge >= 0.3 is 5.97 Å². The lowest BCUT2D eigenvalue weighted by Crippen LogP contribution is -2.12. The van der Waals surface area contributed by atoms with Crippen LogP contribution in [-0.4, -0.2) is 16.9 Å². The fourth-order valence-corrected chi connectivity index (χ4v) is 1.85. The van der Waals surface area contributed by atoms with Gasteiger partial charge in [-0.15, -0.1) is 0 Å². The van der Waals surface area contributed by atoms with Gasteiger partial charge < -0.3 is 4.74 Å². The van der Waals surface area contributed by atoms with Gasteiger partial charge in [0.1, 0.15) is 0 Å². The minimum Gasteiger partial charge on any atom is -0.466 e. The summed E-state index contributed by atoms with van der Waals surface area (Å²) in [5.74, 6) is -0.531. The van der Waals surface area contributed by atoms with Crippen molar-refractivity contribution in [3.63, 3.8) is 0 Å². The van der Waals surface area contributed by atoms with Gasteiger partial charge in [0.25, 0.3) is 0 Å². The average molecular weight is 328 g/mol. The van der Waals surface area contributed by atoms with Crippen molar-refractivity contribution in [3.8, 4) is 0 Å². The van der Waals surface area contributed by atoms with Gasteiger partial charge in [0.15, 0.2) is 3.79 Å². The van der Waals surface area contributed by atoms with Crippen molar-refractivity contribution in [2.45, 2.75) is 10.2 Å². The number of hydrogen-bond acceptors (Lipinski definition) is 2. The molecular weight excluding hydrogens is 318 g/mol. The highest BCUT2D eigenvalue weighted by Gasteiger charge is 2.25. The molecule has 18 heavy (non-hydrogen) atoms. The van der Waals surface area contributed by atoms with Crippen LogP contribution >= 0.6 is 46.4 Å². The van der Waals surface area contributed by atoms with E-state index in [0.29, 0.717) is 5.02 Å². The van der Waals surface area contributed by atoms with E-state index in [4.69, 9.17) is 46.4 Å². The van der Waals surface area contributed by atoms with E-state index in [0.717, 1.165) is 5.56 Å². The second-order valence-electron chi connectivity index (χ2n) is 3.50. The van der Waals surface area contributed by atoms with Gasteiger partial charge in [-0.05, 0) is 23.8 Å². The largest absolute Gasteiger partial charge is 0.466 e. The lowest BCUT2D eigenvalue weighted by molar-refractivity contribution is -0.136. The molecule has 98 valence electrons. The first kappa shape index (κ1) is 15.6. The first-order valence-electron chi connectivity index (χ1n) is 4.93. The van der Waals surface area contributed by atoms with Gasteiger partial charge in [0, 0.05) is 17.0 Å². The minimum absolute atomic E-state index is 0.0348. The van der Waals surface area contributed by atoms with Gasteiger partial charge in [-0.2, -0.15) is 0 Å². The van der Waals surface area contributed by atoms with Crippen LogP contribution in [0.5, 0.6) is 0 Å². The smallest absolute Gasteiger partial charge is 0.333 e. The van der Waals surface area contributed by atoms with E-state index in [-0.39, 0.29) is 12.0 Å². The molecule has 0 atom stereocenters. The Bertz CT molecular complexity index is 446. The molecule has 0 N–H and O–H groups in total. The quantitative estimate of drug-likeness (QED) is 0.458. The summed E-state index contributed by atoms with van der Waals surface area (Å²) in [6, 6.07) is 6.92. The number of rotatable bonds is 3. The molecule has 1 aromatic carbocycles.